The summed E-state index contributed by atoms with van der Waals surface area (Å²) in [5, 5.41) is 3.82. The predicted octanol–water partition coefficient (Wildman–Crippen LogP) is 3.67. The van der Waals surface area contributed by atoms with E-state index in [-0.39, 0.29) is 0 Å². The Morgan fingerprint density at radius 1 is 1.11 bits per heavy atom. The van der Waals surface area contributed by atoms with Crippen LogP contribution in [-0.4, -0.2) is 36.6 Å². The standard InChI is InChI=1S/C16H34N2/c1-5-7-8-9-14(3)17-15(4)16-10-12-18(6-2)13-11-16/h14-17H,5-13H2,1-4H3. The zero-order valence-electron chi connectivity index (χ0n) is 13.0. The molecule has 2 atom stereocenters. The summed E-state index contributed by atoms with van der Waals surface area (Å²) in [6.45, 7) is 13.1. The molecular weight excluding hydrogens is 220 g/mol. The van der Waals surface area contributed by atoms with Crippen molar-refractivity contribution in [3.05, 3.63) is 0 Å². The number of likely N-dealkylation sites (tertiary alicyclic amines) is 1. The second-order valence-corrected chi connectivity index (χ2v) is 6.12. The van der Waals surface area contributed by atoms with Crippen LogP contribution in [0.1, 0.15) is 66.2 Å². The molecule has 108 valence electrons. The molecule has 0 saturated carbocycles. The molecule has 0 aromatic carbocycles. The van der Waals surface area contributed by atoms with Gasteiger partial charge in [-0.15, -0.1) is 0 Å². The summed E-state index contributed by atoms with van der Waals surface area (Å²) in [6, 6.07) is 1.39. The predicted molar refractivity (Wildman–Crippen MR) is 81.0 cm³/mol. The summed E-state index contributed by atoms with van der Waals surface area (Å²) in [5.41, 5.74) is 0. The lowest BCUT2D eigenvalue weighted by molar-refractivity contribution is 0.164. The van der Waals surface area contributed by atoms with E-state index >= 15 is 0 Å². The maximum Gasteiger partial charge on any atom is 0.00704 e. The van der Waals surface area contributed by atoms with Crippen molar-refractivity contribution in [3.63, 3.8) is 0 Å². The van der Waals surface area contributed by atoms with Gasteiger partial charge >= 0.3 is 0 Å². The molecule has 2 heteroatoms. The molecule has 1 aliphatic rings. The third-order valence-corrected chi connectivity index (χ3v) is 4.57. The Morgan fingerprint density at radius 3 is 2.33 bits per heavy atom. The molecule has 2 unspecified atom stereocenters. The minimum atomic E-state index is 0.691. The highest BCUT2D eigenvalue weighted by Crippen LogP contribution is 2.21. The van der Waals surface area contributed by atoms with Gasteiger partial charge in [0.2, 0.25) is 0 Å². The van der Waals surface area contributed by atoms with E-state index in [9.17, 15) is 0 Å². The molecule has 1 aliphatic heterocycles. The molecular formula is C16H34N2. The van der Waals surface area contributed by atoms with Crippen LogP contribution in [0.2, 0.25) is 0 Å². The molecule has 0 amide bonds. The van der Waals surface area contributed by atoms with Gasteiger partial charge in [0.1, 0.15) is 0 Å². The van der Waals surface area contributed by atoms with Crippen molar-refractivity contribution >= 4 is 0 Å². The lowest BCUT2D eigenvalue weighted by atomic mass is 9.89. The maximum absolute atomic E-state index is 3.82. The molecule has 0 radical (unpaired) electrons. The largest absolute Gasteiger partial charge is 0.312 e. The molecule has 0 aliphatic carbocycles. The van der Waals surface area contributed by atoms with Crippen molar-refractivity contribution in [2.75, 3.05) is 19.6 Å². The van der Waals surface area contributed by atoms with E-state index in [4.69, 9.17) is 0 Å². The van der Waals surface area contributed by atoms with Crippen molar-refractivity contribution in [1.82, 2.24) is 10.2 Å². The molecule has 2 nitrogen and oxygen atoms in total. The summed E-state index contributed by atoms with van der Waals surface area (Å²) in [4.78, 5) is 2.58. The Kier molecular flexibility index (Phi) is 7.92. The van der Waals surface area contributed by atoms with Gasteiger partial charge in [-0.2, -0.15) is 0 Å². The lowest BCUT2D eigenvalue weighted by Gasteiger charge is -2.35. The third kappa shape index (κ3) is 5.71. The first-order valence-electron chi connectivity index (χ1n) is 8.15. The molecule has 0 aromatic rings. The van der Waals surface area contributed by atoms with Gasteiger partial charge in [-0.25, -0.2) is 0 Å². The van der Waals surface area contributed by atoms with E-state index in [1.165, 1.54) is 58.2 Å². The van der Waals surface area contributed by atoms with Crippen molar-refractivity contribution in [3.8, 4) is 0 Å². The number of hydrogen-bond acceptors (Lipinski definition) is 2. The average molecular weight is 254 g/mol. The Balaban J connectivity index is 2.17. The molecule has 1 N–H and O–H groups in total. The van der Waals surface area contributed by atoms with Crippen LogP contribution in [0.4, 0.5) is 0 Å². The van der Waals surface area contributed by atoms with E-state index in [2.05, 4.69) is 37.9 Å². The summed E-state index contributed by atoms with van der Waals surface area (Å²) in [6.07, 6.45) is 8.19. The van der Waals surface area contributed by atoms with Gasteiger partial charge in [-0.05, 0) is 58.7 Å². The number of nitrogens with one attached hydrogen (secondary N) is 1. The highest BCUT2D eigenvalue weighted by Gasteiger charge is 2.23. The van der Waals surface area contributed by atoms with Gasteiger partial charge < -0.3 is 10.2 Å². The second-order valence-electron chi connectivity index (χ2n) is 6.12. The zero-order valence-corrected chi connectivity index (χ0v) is 13.0. The van der Waals surface area contributed by atoms with Crippen molar-refractivity contribution in [2.45, 2.75) is 78.3 Å². The van der Waals surface area contributed by atoms with Crippen molar-refractivity contribution in [2.24, 2.45) is 5.92 Å². The van der Waals surface area contributed by atoms with Crippen LogP contribution in [0, 0.1) is 5.92 Å². The van der Waals surface area contributed by atoms with Gasteiger partial charge in [0.25, 0.3) is 0 Å². The van der Waals surface area contributed by atoms with Gasteiger partial charge in [-0.1, -0.05) is 33.1 Å². The zero-order chi connectivity index (χ0) is 13.4. The minimum Gasteiger partial charge on any atom is -0.312 e. The third-order valence-electron chi connectivity index (χ3n) is 4.57. The first-order chi connectivity index (χ1) is 8.67. The Bertz CT molecular complexity index is 197. The maximum atomic E-state index is 3.82. The minimum absolute atomic E-state index is 0.691. The van der Waals surface area contributed by atoms with Crippen molar-refractivity contribution < 1.29 is 0 Å². The van der Waals surface area contributed by atoms with Crippen LogP contribution in [0.3, 0.4) is 0 Å². The quantitative estimate of drug-likeness (QED) is 0.665. The highest BCUT2D eigenvalue weighted by atomic mass is 15.1. The second kappa shape index (κ2) is 8.92. The van der Waals surface area contributed by atoms with Crippen LogP contribution in [-0.2, 0) is 0 Å². The number of unbranched alkanes of at least 4 members (excludes halogenated alkanes) is 2. The molecule has 0 spiro atoms. The number of nitrogens with zero attached hydrogens (tertiary/aromatic N) is 1. The van der Waals surface area contributed by atoms with E-state index < -0.39 is 0 Å². The Hall–Kier alpha value is -0.0800. The highest BCUT2D eigenvalue weighted by molar-refractivity contribution is 4.80. The smallest absolute Gasteiger partial charge is 0.00704 e. The molecule has 1 fully saturated rings. The van der Waals surface area contributed by atoms with Crippen LogP contribution < -0.4 is 5.32 Å². The Morgan fingerprint density at radius 2 is 1.78 bits per heavy atom. The van der Waals surface area contributed by atoms with Crippen molar-refractivity contribution in [1.29, 1.82) is 0 Å². The summed E-state index contributed by atoms with van der Waals surface area (Å²) < 4.78 is 0. The number of hydrogen-bond donors (Lipinski definition) is 1. The molecule has 18 heavy (non-hydrogen) atoms. The van der Waals surface area contributed by atoms with Crippen LogP contribution in [0.25, 0.3) is 0 Å². The topological polar surface area (TPSA) is 15.3 Å². The first-order valence-corrected chi connectivity index (χ1v) is 8.15. The Labute approximate surface area is 115 Å². The van der Waals surface area contributed by atoms with E-state index in [0.29, 0.717) is 12.1 Å². The summed E-state index contributed by atoms with van der Waals surface area (Å²) >= 11 is 0. The summed E-state index contributed by atoms with van der Waals surface area (Å²) in [5.74, 6) is 0.890. The van der Waals surface area contributed by atoms with Gasteiger partial charge in [-0.3, -0.25) is 0 Å². The van der Waals surface area contributed by atoms with Gasteiger partial charge in [0, 0.05) is 12.1 Å². The number of piperidine rings is 1. The van der Waals surface area contributed by atoms with E-state index in [1.54, 1.807) is 0 Å². The van der Waals surface area contributed by atoms with Gasteiger partial charge in [0.05, 0.1) is 0 Å². The van der Waals surface area contributed by atoms with E-state index in [0.717, 1.165) is 5.92 Å². The SMILES string of the molecule is CCCCCC(C)NC(C)C1CCN(CC)CC1. The molecule has 1 rings (SSSR count). The molecule has 0 aromatic heterocycles. The fourth-order valence-corrected chi connectivity index (χ4v) is 3.14. The first kappa shape index (κ1) is 16.0. The fourth-order valence-electron chi connectivity index (χ4n) is 3.14. The van der Waals surface area contributed by atoms with Crippen LogP contribution in [0.15, 0.2) is 0 Å². The van der Waals surface area contributed by atoms with E-state index in [1.807, 2.05) is 0 Å². The van der Waals surface area contributed by atoms with Gasteiger partial charge in [0.15, 0.2) is 0 Å². The lowest BCUT2D eigenvalue weighted by Crippen LogP contribution is -2.44. The average Bonchev–Trinajstić information content (AvgIpc) is 2.39. The molecule has 1 saturated heterocycles. The monoisotopic (exact) mass is 254 g/mol. The molecule has 1 heterocycles. The number of rotatable bonds is 8. The van der Waals surface area contributed by atoms with Crippen LogP contribution >= 0.6 is 0 Å². The molecule has 0 bridgehead atoms. The van der Waals surface area contributed by atoms with Crippen LogP contribution in [0.5, 0.6) is 0 Å². The normalized spacial score (nSPS) is 22.0. The summed E-state index contributed by atoms with van der Waals surface area (Å²) in [7, 11) is 0. The fraction of sp³-hybridized carbons (Fsp3) is 1.00.